The highest BCUT2D eigenvalue weighted by Crippen LogP contribution is 2.63. The lowest BCUT2D eigenvalue weighted by Gasteiger charge is -2.38. The van der Waals surface area contributed by atoms with Crippen molar-refractivity contribution in [1.29, 1.82) is 10.5 Å². The quantitative estimate of drug-likeness (QED) is 0.137. The van der Waals surface area contributed by atoms with Gasteiger partial charge in [-0.25, -0.2) is 9.97 Å². The summed E-state index contributed by atoms with van der Waals surface area (Å²) in [6.45, 7) is 0. The van der Waals surface area contributed by atoms with E-state index in [1.807, 2.05) is 54.6 Å². The summed E-state index contributed by atoms with van der Waals surface area (Å²) in [4.78, 5) is 10.5. The molecular formula is C87H60N6. The van der Waals surface area contributed by atoms with Crippen molar-refractivity contribution in [3.05, 3.63) is 301 Å². The highest BCUT2D eigenvalue weighted by molar-refractivity contribution is 6.13. The van der Waals surface area contributed by atoms with Crippen LogP contribution in [0.5, 0.6) is 0 Å². The van der Waals surface area contributed by atoms with E-state index in [-0.39, 0.29) is 0 Å². The normalized spacial score (nSPS) is 16.4. The van der Waals surface area contributed by atoms with Crippen LogP contribution in [0.1, 0.15) is 66.2 Å². The zero-order valence-corrected chi connectivity index (χ0v) is 51.1. The first-order valence-corrected chi connectivity index (χ1v) is 32.6. The molecule has 2 saturated carbocycles. The Morgan fingerprint density at radius 1 is 0.290 bits per heavy atom. The third-order valence-corrected chi connectivity index (χ3v) is 20.5. The second-order valence-corrected chi connectivity index (χ2v) is 25.8. The summed E-state index contributed by atoms with van der Waals surface area (Å²) in [5, 5.41) is 24.3. The first-order chi connectivity index (χ1) is 46.0. The van der Waals surface area contributed by atoms with Crippen LogP contribution in [0.4, 0.5) is 0 Å². The van der Waals surface area contributed by atoms with E-state index >= 15 is 0 Å². The fraction of sp³-hybridized carbons (Fsp3) is 0.103. The lowest BCUT2D eigenvalue weighted by atomic mass is 9.66. The van der Waals surface area contributed by atoms with Crippen LogP contribution in [-0.4, -0.2) is 19.1 Å². The van der Waals surface area contributed by atoms with E-state index in [4.69, 9.17) is 9.97 Å². The molecule has 0 radical (unpaired) electrons. The molecule has 12 aromatic carbocycles. The summed E-state index contributed by atoms with van der Waals surface area (Å²) in [5.74, 6) is 2.92. The van der Waals surface area contributed by atoms with Crippen molar-refractivity contribution in [3.8, 4) is 113 Å². The van der Waals surface area contributed by atoms with Gasteiger partial charge >= 0.3 is 0 Å². The van der Waals surface area contributed by atoms with E-state index in [1.54, 1.807) is 11.1 Å². The summed E-state index contributed by atoms with van der Waals surface area (Å²) >= 11 is 0. The molecule has 0 spiro atoms. The van der Waals surface area contributed by atoms with Crippen molar-refractivity contribution in [2.45, 2.75) is 43.9 Å². The fourth-order valence-corrected chi connectivity index (χ4v) is 16.6. The summed E-state index contributed by atoms with van der Waals surface area (Å²) in [7, 11) is 0. The molecule has 19 rings (SSSR count). The molecule has 6 nitrogen and oxygen atoms in total. The highest BCUT2D eigenvalue weighted by atomic mass is 15.0. The van der Waals surface area contributed by atoms with Crippen LogP contribution in [0, 0.1) is 34.5 Å². The van der Waals surface area contributed by atoms with Crippen LogP contribution >= 0.6 is 0 Å². The molecule has 4 aliphatic carbocycles. The third kappa shape index (κ3) is 9.12. The van der Waals surface area contributed by atoms with Crippen molar-refractivity contribution in [2.24, 2.45) is 11.8 Å². The van der Waals surface area contributed by atoms with Gasteiger partial charge in [-0.05, 0) is 207 Å². The second-order valence-electron chi connectivity index (χ2n) is 25.8. The lowest BCUT2D eigenvalue weighted by Crippen LogP contribution is -2.25. The standard InChI is InChI=1S/C87H60N6/c88-52-54-24-28-58(29-25-54)75-51-76(59-30-26-55(53-89)27-31-59)91-87(90-75)64-34-32-62(33-35-64)83-81(60-14-4-1-5-15-60)85-67-45-56-44-57(46-67)48-68(47-56)86(85)82(61-16-6-2-7-17-61)84(83)63-36-40-70(41-37-63)92-78-23-13-11-21-72(78)74-49-65(39-43-79(74)92)66-38-42-73-71-20-10-12-22-77(71)93(80(73)50-66)69-18-8-3-9-19-69/h1-43,49-51,56-57,67-68H,44-48H2. The third-order valence-electron chi connectivity index (χ3n) is 20.5. The average molecular weight is 1190 g/mol. The minimum atomic E-state index is 0.446. The largest absolute Gasteiger partial charge is 0.309 e. The summed E-state index contributed by atoms with van der Waals surface area (Å²) in [5.41, 5.74) is 27.8. The van der Waals surface area contributed by atoms with Gasteiger partial charge in [-0.15, -0.1) is 0 Å². The van der Waals surface area contributed by atoms with E-state index < -0.39 is 0 Å². The lowest BCUT2D eigenvalue weighted by molar-refractivity contribution is 0.166. The summed E-state index contributed by atoms with van der Waals surface area (Å²) < 4.78 is 4.86. The van der Waals surface area contributed by atoms with Crippen LogP contribution in [-0.2, 0) is 0 Å². The Balaban J connectivity index is 0.822. The smallest absolute Gasteiger partial charge is 0.160 e. The van der Waals surface area contributed by atoms with Crippen molar-refractivity contribution in [1.82, 2.24) is 19.1 Å². The first kappa shape index (κ1) is 54.3. The molecule has 0 N–H and O–H groups in total. The number of rotatable bonds is 10. The Morgan fingerprint density at radius 3 is 1.22 bits per heavy atom. The zero-order valence-electron chi connectivity index (χ0n) is 51.1. The number of benzene rings is 12. The maximum absolute atomic E-state index is 9.70. The average Bonchev–Trinajstić information content (AvgIpc) is 1.70. The Kier molecular flexibility index (Phi) is 12.9. The van der Waals surface area contributed by atoms with Gasteiger partial charge in [0.05, 0.1) is 56.7 Å². The van der Waals surface area contributed by atoms with E-state index in [0.29, 0.717) is 40.6 Å². The summed E-state index contributed by atoms with van der Waals surface area (Å²) in [6.07, 6.45) is 6.26. The molecule has 0 amide bonds. The highest BCUT2D eigenvalue weighted by Gasteiger charge is 2.46. The van der Waals surface area contributed by atoms with Gasteiger partial charge in [0.15, 0.2) is 5.82 Å². The molecule has 4 aliphatic rings. The molecule has 93 heavy (non-hydrogen) atoms. The predicted molar refractivity (Wildman–Crippen MR) is 379 cm³/mol. The molecule has 2 fully saturated rings. The maximum atomic E-state index is 9.70. The molecule has 3 heterocycles. The van der Waals surface area contributed by atoms with Crippen molar-refractivity contribution in [3.63, 3.8) is 0 Å². The van der Waals surface area contributed by atoms with Crippen LogP contribution in [0.15, 0.2) is 279 Å². The molecule has 2 unspecified atom stereocenters. The number of fused-ring (bicyclic) bond motifs is 6. The molecule has 3 aromatic heterocycles. The molecule has 6 heteroatoms. The monoisotopic (exact) mass is 1190 g/mol. The minimum absolute atomic E-state index is 0.446. The maximum Gasteiger partial charge on any atom is 0.160 e. The van der Waals surface area contributed by atoms with Gasteiger partial charge in [-0.3, -0.25) is 0 Å². The van der Waals surface area contributed by atoms with Gasteiger partial charge < -0.3 is 9.13 Å². The van der Waals surface area contributed by atoms with Crippen molar-refractivity contribution >= 4 is 43.6 Å². The molecule has 0 aliphatic heterocycles. The number of hydrogen-bond donors (Lipinski definition) is 0. The Morgan fingerprint density at radius 2 is 0.677 bits per heavy atom. The van der Waals surface area contributed by atoms with Gasteiger partial charge in [-0.2, -0.15) is 10.5 Å². The van der Waals surface area contributed by atoms with Crippen molar-refractivity contribution in [2.75, 3.05) is 0 Å². The number of nitriles is 2. The van der Waals surface area contributed by atoms with Gasteiger partial charge in [0.25, 0.3) is 0 Å². The van der Waals surface area contributed by atoms with Gasteiger partial charge in [-0.1, -0.05) is 194 Å². The Labute approximate surface area is 540 Å². The number of aromatic nitrogens is 4. The van der Waals surface area contributed by atoms with Crippen LogP contribution < -0.4 is 0 Å². The van der Waals surface area contributed by atoms with E-state index in [0.717, 1.165) is 50.5 Å². The van der Waals surface area contributed by atoms with Gasteiger partial charge in [0.2, 0.25) is 0 Å². The molecule has 15 aromatic rings. The van der Waals surface area contributed by atoms with Crippen LogP contribution in [0.25, 0.3) is 145 Å². The van der Waals surface area contributed by atoms with Crippen LogP contribution in [0.2, 0.25) is 0 Å². The predicted octanol–water partition coefficient (Wildman–Crippen LogP) is 22.1. The zero-order chi connectivity index (χ0) is 61.7. The molecule has 438 valence electrons. The fourth-order valence-electron chi connectivity index (χ4n) is 16.6. The van der Waals surface area contributed by atoms with Gasteiger partial charge in [0, 0.05) is 49.6 Å². The Hall–Kier alpha value is -11.7. The van der Waals surface area contributed by atoms with Crippen LogP contribution in [0.3, 0.4) is 0 Å². The van der Waals surface area contributed by atoms with E-state index in [9.17, 15) is 10.5 Å². The molecular weight excluding hydrogens is 1130 g/mol. The first-order valence-electron chi connectivity index (χ1n) is 32.6. The van der Waals surface area contributed by atoms with Gasteiger partial charge in [0.1, 0.15) is 0 Å². The SMILES string of the molecule is N#Cc1ccc(-c2cc(-c3ccc(C#N)cc3)nc(-c3ccc(-c4c(-c5ccc(-n6c7ccccc7c7cc(-c8ccc9c%10ccccc%10n(-c%10ccccc%10)c9c8)ccc76)cc5)c(-c5ccccc5)c5c(c4-c4ccccc4)C4CC6CC(C4)CC5C6)cc3)n2)cc1. The second kappa shape index (κ2) is 22.1. The number of hydrogen-bond acceptors (Lipinski definition) is 4. The summed E-state index contributed by atoms with van der Waals surface area (Å²) in [6, 6.07) is 105. The molecule has 2 atom stereocenters. The molecule has 0 saturated heterocycles. The van der Waals surface area contributed by atoms with Crippen molar-refractivity contribution < 1.29 is 0 Å². The molecule has 4 bridgehead atoms. The topological polar surface area (TPSA) is 83.2 Å². The minimum Gasteiger partial charge on any atom is -0.309 e. The Bertz CT molecular complexity index is 5450. The van der Waals surface area contributed by atoms with E-state index in [2.05, 4.69) is 246 Å². The number of para-hydroxylation sites is 3. The number of nitrogens with zero attached hydrogens (tertiary/aromatic N) is 6. The van der Waals surface area contributed by atoms with E-state index in [1.165, 1.54) is 120 Å².